The van der Waals surface area contributed by atoms with E-state index >= 15 is 0 Å². The molecule has 1 heterocycles. The lowest BCUT2D eigenvalue weighted by Gasteiger charge is -2.19. The minimum absolute atomic E-state index is 0.136. The first kappa shape index (κ1) is 11.6. The smallest absolute Gasteiger partial charge is 0.371 e. The molecule has 5 heteroatoms. The fraction of sp³-hybridized carbons (Fsp3) is 0.455. The average molecular weight is 250 g/mol. The lowest BCUT2D eigenvalue weighted by Crippen LogP contribution is -2.18. The van der Waals surface area contributed by atoms with Crippen LogP contribution in [0.4, 0.5) is 18.9 Å². The summed E-state index contributed by atoms with van der Waals surface area (Å²) in [5, 5.41) is 0.136. The van der Waals surface area contributed by atoms with E-state index in [4.69, 9.17) is 11.6 Å². The van der Waals surface area contributed by atoms with Crippen molar-refractivity contribution in [2.45, 2.75) is 19.0 Å². The van der Waals surface area contributed by atoms with Gasteiger partial charge in [-0.15, -0.1) is 0 Å². The molecule has 1 saturated heterocycles. The van der Waals surface area contributed by atoms with Gasteiger partial charge < -0.3 is 4.90 Å². The van der Waals surface area contributed by atoms with Crippen molar-refractivity contribution in [1.82, 2.24) is 0 Å². The molecule has 0 amide bonds. The molecule has 0 saturated carbocycles. The molecule has 1 aliphatic heterocycles. The second-order valence-corrected chi connectivity index (χ2v) is 4.33. The summed E-state index contributed by atoms with van der Waals surface area (Å²) in [6, 6.07) is 3.71. The Morgan fingerprint density at radius 3 is 2.25 bits per heavy atom. The Morgan fingerprint density at radius 2 is 1.69 bits per heavy atom. The lowest BCUT2D eigenvalue weighted by molar-refractivity contribution is -0.137. The van der Waals surface area contributed by atoms with Crippen molar-refractivity contribution < 1.29 is 13.2 Å². The van der Waals surface area contributed by atoms with E-state index in [1.54, 1.807) is 6.07 Å². The number of hydrogen-bond acceptors (Lipinski definition) is 1. The first-order valence-electron chi connectivity index (χ1n) is 5.09. The fourth-order valence-electron chi connectivity index (χ4n) is 1.90. The molecule has 2 rings (SSSR count). The van der Waals surface area contributed by atoms with Crippen molar-refractivity contribution in [3.8, 4) is 0 Å². The summed E-state index contributed by atoms with van der Waals surface area (Å²) in [6.07, 6.45) is -2.29. The van der Waals surface area contributed by atoms with Gasteiger partial charge in [0.05, 0.1) is 5.56 Å². The van der Waals surface area contributed by atoms with Crippen molar-refractivity contribution in [2.24, 2.45) is 0 Å². The predicted molar refractivity (Wildman–Crippen MR) is 57.9 cm³/mol. The van der Waals surface area contributed by atoms with Gasteiger partial charge in [0.25, 0.3) is 0 Å². The molecule has 16 heavy (non-hydrogen) atoms. The summed E-state index contributed by atoms with van der Waals surface area (Å²) in [5.74, 6) is 0. The Morgan fingerprint density at radius 1 is 1.06 bits per heavy atom. The largest absolute Gasteiger partial charge is 0.416 e. The van der Waals surface area contributed by atoms with Crippen LogP contribution >= 0.6 is 11.6 Å². The zero-order valence-electron chi connectivity index (χ0n) is 8.52. The first-order chi connectivity index (χ1) is 7.47. The SMILES string of the molecule is FC(F)(F)c1cc(Cl)cc(N2CCCC2)c1. The summed E-state index contributed by atoms with van der Waals surface area (Å²) in [4.78, 5) is 1.93. The zero-order chi connectivity index (χ0) is 11.8. The molecular weight excluding hydrogens is 239 g/mol. The van der Waals surface area contributed by atoms with Gasteiger partial charge in [-0.05, 0) is 31.0 Å². The number of rotatable bonds is 1. The molecular formula is C11H11ClF3N. The van der Waals surface area contributed by atoms with Gasteiger partial charge in [-0.3, -0.25) is 0 Å². The van der Waals surface area contributed by atoms with Gasteiger partial charge in [-0.1, -0.05) is 11.6 Å². The van der Waals surface area contributed by atoms with E-state index in [1.165, 1.54) is 0 Å². The molecule has 1 fully saturated rings. The van der Waals surface area contributed by atoms with E-state index in [2.05, 4.69) is 0 Å². The maximum Gasteiger partial charge on any atom is 0.416 e. The molecule has 1 aromatic rings. The third-order valence-electron chi connectivity index (χ3n) is 2.68. The second kappa shape index (κ2) is 4.17. The Kier molecular flexibility index (Phi) is 3.02. The van der Waals surface area contributed by atoms with E-state index in [1.807, 2.05) is 4.90 Å². The van der Waals surface area contributed by atoms with Crippen LogP contribution in [0.2, 0.25) is 5.02 Å². The van der Waals surface area contributed by atoms with Gasteiger partial charge in [0.1, 0.15) is 0 Å². The molecule has 0 spiro atoms. The zero-order valence-corrected chi connectivity index (χ0v) is 9.28. The Balaban J connectivity index is 2.35. The third kappa shape index (κ3) is 2.43. The standard InChI is InChI=1S/C11H11ClF3N/c12-9-5-8(11(13,14)15)6-10(7-9)16-3-1-2-4-16/h5-7H,1-4H2. The van der Waals surface area contributed by atoms with Gasteiger partial charge in [-0.2, -0.15) is 13.2 Å². The molecule has 0 aromatic heterocycles. The quantitative estimate of drug-likeness (QED) is 0.728. The summed E-state index contributed by atoms with van der Waals surface area (Å²) in [5.41, 5.74) is -0.112. The highest BCUT2D eigenvalue weighted by molar-refractivity contribution is 6.30. The average Bonchev–Trinajstić information content (AvgIpc) is 2.68. The highest BCUT2D eigenvalue weighted by Crippen LogP contribution is 2.35. The van der Waals surface area contributed by atoms with Gasteiger partial charge in [-0.25, -0.2) is 0 Å². The maximum absolute atomic E-state index is 12.6. The number of anilines is 1. The van der Waals surface area contributed by atoms with Crippen LogP contribution in [0.15, 0.2) is 18.2 Å². The Bertz CT molecular complexity index is 383. The van der Waals surface area contributed by atoms with Crippen molar-refractivity contribution in [3.05, 3.63) is 28.8 Å². The minimum atomic E-state index is -4.33. The van der Waals surface area contributed by atoms with Crippen LogP contribution in [-0.4, -0.2) is 13.1 Å². The van der Waals surface area contributed by atoms with Crippen LogP contribution in [0, 0.1) is 0 Å². The van der Waals surface area contributed by atoms with Crippen LogP contribution in [0.3, 0.4) is 0 Å². The van der Waals surface area contributed by atoms with E-state index in [-0.39, 0.29) is 5.02 Å². The molecule has 0 unspecified atom stereocenters. The van der Waals surface area contributed by atoms with E-state index < -0.39 is 11.7 Å². The number of benzene rings is 1. The normalized spacial score (nSPS) is 16.9. The van der Waals surface area contributed by atoms with Crippen LogP contribution in [-0.2, 0) is 6.18 Å². The topological polar surface area (TPSA) is 3.24 Å². The predicted octanol–water partition coefficient (Wildman–Crippen LogP) is 3.96. The molecule has 0 bridgehead atoms. The second-order valence-electron chi connectivity index (χ2n) is 3.89. The molecule has 88 valence electrons. The summed E-state index contributed by atoms with van der Waals surface area (Å²) >= 11 is 5.71. The minimum Gasteiger partial charge on any atom is -0.371 e. The highest BCUT2D eigenvalue weighted by atomic mass is 35.5. The lowest BCUT2D eigenvalue weighted by atomic mass is 10.2. The monoisotopic (exact) mass is 249 g/mol. The van der Waals surface area contributed by atoms with E-state index in [0.29, 0.717) is 5.69 Å². The Hall–Kier alpha value is -0.900. The molecule has 0 atom stereocenters. The van der Waals surface area contributed by atoms with Crippen molar-refractivity contribution in [2.75, 3.05) is 18.0 Å². The number of hydrogen-bond donors (Lipinski definition) is 0. The van der Waals surface area contributed by atoms with Gasteiger partial charge in [0.2, 0.25) is 0 Å². The molecule has 1 aliphatic rings. The summed E-state index contributed by atoms with van der Waals surface area (Å²) in [6.45, 7) is 1.61. The van der Waals surface area contributed by atoms with Crippen LogP contribution in [0.5, 0.6) is 0 Å². The Labute approximate surface area is 96.8 Å². The van der Waals surface area contributed by atoms with Gasteiger partial charge in [0.15, 0.2) is 0 Å². The van der Waals surface area contributed by atoms with E-state index in [0.717, 1.165) is 38.1 Å². The van der Waals surface area contributed by atoms with Crippen molar-refractivity contribution >= 4 is 17.3 Å². The van der Waals surface area contributed by atoms with Crippen LogP contribution < -0.4 is 4.90 Å². The van der Waals surface area contributed by atoms with Gasteiger partial charge >= 0.3 is 6.18 Å². The number of nitrogens with zero attached hydrogens (tertiary/aromatic N) is 1. The van der Waals surface area contributed by atoms with Crippen LogP contribution in [0.1, 0.15) is 18.4 Å². The fourth-order valence-corrected chi connectivity index (χ4v) is 2.13. The highest BCUT2D eigenvalue weighted by Gasteiger charge is 2.31. The van der Waals surface area contributed by atoms with E-state index in [9.17, 15) is 13.2 Å². The van der Waals surface area contributed by atoms with Crippen LogP contribution in [0.25, 0.3) is 0 Å². The molecule has 0 N–H and O–H groups in total. The maximum atomic E-state index is 12.6. The number of halogens is 4. The van der Waals surface area contributed by atoms with Crippen molar-refractivity contribution in [1.29, 1.82) is 0 Å². The molecule has 1 nitrogen and oxygen atoms in total. The first-order valence-corrected chi connectivity index (χ1v) is 5.47. The molecule has 1 aromatic carbocycles. The number of alkyl halides is 3. The molecule has 0 aliphatic carbocycles. The summed E-state index contributed by atoms with van der Waals surface area (Å²) < 4.78 is 37.7. The van der Waals surface area contributed by atoms with Gasteiger partial charge in [0, 0.05) is 23.8 Å². The third-order valence-corrected chi connectivity index (χ3v) is 2.90. The summed E-state index contributed by atoms with van der Waals surface area (Å²) in [7, 11) is 0. The molecule has 0 radical (unpaired) electrons. The van der Waals surface area contributed by atoms with Crippen molar-refractivity contribution in [3.63, 3.8) is 0 Å².